The van der Waals surface area contributed by atoms with E-state index in [0.717, 1.165) is 18.4 Å². The summed E-state index contributed by atoms with van der Waals surface area (Å²) in [7, 11) is 0. The molecule has 3 atom stereocenters. The molecule has 1 aromatic rings. The summed E-state index contributed by atoms with van der Waals surface area (Å²) >= 11 is 0. The van der Waals surface area contributed by atoms with E-state index in [-0.39, 0.29) is 30.3 Å². The topological polar surface area (TPSA) is 83.6 Å². The first kappa shape index (κ1) is 15.5. The number of benzene rings is 1. The Morgan fingerprint density at radius 3 is 2.67 bits per heavy atom. The Hall–Kier alpha value is -1.88. The molecule has 5 heteroatoms. The quantitative estimate of drug-likeness (QED) is 0.866. The molecule has 21 heavy (non-hydrogen) atoms. The number of carboxylic acid groups (broad SMARTS) is 1. The van der Waals surface area contributed by atoms with E-state index in [1.165, 1.54) is 0 Å². The molecule has 1 aliphatic rings. The number of likely N-dealkylation sites (tertiary alicyclic amines) is 1. The molecular formula is C16H22N2O3. The van der Waals surface area contributed by atoms with Gasteiger partial charge >= 0.3 is 5.97 Å². The molecule has 1 amide bonds. The molecular weight excluding hydrogens is 268 g/mol. The second-order valence-corrected chi connectivity index (χ2v) is 5.65. The number of nitrogens with zero attached hydrogens (tertiary/aromatic N) is 1. The maximum Gasteiger partial charge on any atom is 0.305 e. The van der Waals surface area contributed by atoms with E-state index in [2.05, 4.69) is 0 Å². The fourth-order valence-corrected chi connectivity index (χ4v) is 2.92. The molecule has 0 aliphatic carbocycles. The third kappa shape index (κ3) is 3.61. The number of carbonyl (C=O) groups is 2. The lowest BCUT2D eigenvalue weighted by Crippen LogP contribution is -2.42. The highest BCUT2D eigenvalue weighted by atomic mass is 16.4. The molecule has 114 valence electrons. The van der Waals surface area contributed by atoms with Crippen LogP contribution in [0.15, 0.2) is 30.3 Å². The molecule has 1 saturated heterocycles. The molecule has 1 fully saturated rings. The summed E-state index contributed by atoms with van der Waals surface area (Å²) in [5.41, 5.74) is 7.11. The van der Waals surface area contributed by atoms with E-state index in [9.17, 15) is 9.59 Å². The molecule has 1 aromatic carbocycles. The molecule has 2 rings (SSSR count). The summed E-state index contributed by atoms with van der Waals surface area (Å²) in [5, 5.41) is 8.94. The van der Waals surface area contributed by atoms with E-state index in [1.54, 1.807) is 4.90 Å². The molecule has 3 unspecified atom stereocenters. The number of carbonyl (C=O) groups excluding carboxylic acids is 1. The van der Waals surface area contributed by atoms with Gasteiger partial charge in [0.05, 0.1) is 12.3 Å². The average molecular weight is 290 g/mol. The smallest absolute Gasteiger partial charge is 0.305 e. The minimum atomic E-state index is -0.861. The number of hydrogen-bond acceptors (Lipinski definition) is 3. The number of nitrogens with two attached hydrogens (primary N) is 1. The van der Waals surface area contributed by atoms with Crippen molar-refractivity contribution in [2.75, 3.05) is 6.54 Å². The van der Waals surface area contributed by atoms with Crippen molar-refractivity contribution in [3.05, 3.63) is 35.9 Å². The van der Waals surface area contributed by atoms with Crippen LogP contribution in [0.25, 0.3) is 0 Å². The lowest BCUT2D eigenvalue weighted by atomic mass is 9.94. The van der Waals surface area contributed by atoms with Crippen molar-refractivity contribution in [2.24, 2.45) is 11.7 Å². The Labute approximate surface area is 124 Å². The largest absolute Gasteiger partial charge is 0.481 e. The summed E-state index contributed by atoms with van der Waals surface area (Å²) in [6, 6.07) is 8.96. The van der Waals surface area contributed by atoms with Gasteiger partial charge in [-0.25, -0.2) is 0 Å². The van der Waals surface area contributed by atoms with E-state index in [4.69, 9.17) is 10.8 Å². The SMILES string of the molecule is CC(C(=O)N1CCCC1CC(=O)O)C(N)c1ccccc1. The third-order valence-corrected chi connectivity index (χ3v) is 4.18. The van der Waals surface area contributed by atoms with Crippen molar-refractivity contribution in [3.8, 4) is 0 Å². The Balaban J connectivity index is 2.06. The van der Waals surface area contributed by atoms with Gasteiger partial charge in [-0.2, -0.15) is 0 Å². The zero-order chi connectivity index (χ0) is 15.4. The molecule has 0 bridgehead atoms. The van der Waals surface area contributed by atoms with Crippen LogP contribution >= 0.6 is 0 Å². The highest BCUT2D eigenvalue weighted by Gasteiger charge is 2.34. The van der Waals surface area contributed by atoms with Crippen LogP contribution in [0, 0.1) is 5.92 Å². The van der Waals surface area contributed by atoms with E-state index in [1.807, 2.05) is 37.3 Å². The molecule has 0 saturated carbocycles. The van der Waals surface area contributed by atoms with Crippen molar-refractivity contribution in [1.82, 2.24) is 4.90 Å². The first-order valence-electron chi connectivity index (χ1n) is 7.33. The first-order valence-corrected chi connectivity index (χ1v) is 7.33. The van der Waals surface area contributed by atoms with Crippen LogP contribution in [0.2, 0.25) is 0 Å². The van der Waals surface area contributed by atoms with Crippen molar-refractivity contribution in [2.45, 2.75) is 38.3 Å². The van der Waals surface area contributed by atoms with E-state index < -0.39 is 5.97 Å². The first-order chi connectivity index (χ1) is 10.0. The van der Waals surface area contributed by atoms with Crippen LogP contribution in [0.4, 0.5) is 0 Å². The highest BCUT2D eigenvalue weighted by molar-refractivity contribution is 5.81. The van der Waals surface area contributed by atoms with Gasteiger partial charge < -0.3 is 15.7 Å². The van der Waals surface area contributed by atoms with Gasteiger partial charge in [-0.1, -0.05) is 37.3 Å². The lowest BCUT2D eigenvalue weighted by molar-refractivity contribution is -0.141. The predicted molar refractivity (Wildman–Crippen MR) is 79.5 cm³/mol. The number of rotatable bonds is 5. The second kappa shape index (κ2) is 6.72. The molecule has 0 spiro atoms. The van der Waals surface area contributed by atoms with Gasteiger partial charge in [0.25, 0.3) is 0 Å². The van der Waals surface area contributed by atoms with Gasteiger partial charge in [-0.3, -0.25) is 9.59 Å². The van der Waals surface area contributed by atoms with Crippen LogP contribution in [0.3, 0.4) is 0 Å². The number of carboxylic acids is 1. The second-order valence-electron chi connectivity index (χ2n) is 5.65. The summed E-state index contributed by atoms with van der Waals surface area (Å²) < 4.78 is 0. The molecule has 1 heterocycles. The van der Waals surface area contributed by atoms with Gasteiger partial charge in [-0.15, -0.1) is 0 Å². The lowest BCUT2D eigenvalue weighted by Gasteiger charge is -2.29. The average Bonchev–Trinajstić information content (AvgIpc) is 2.93. The monoisotopic (exact) mass is 290 g/mol. The van der Waals surface area contributed by atoms with Crippen molar-refractivity contribution in [1.29, 1.82) is 0 Å². The Morgan fingerprint density at radius 1 is 1.38 bits per heavy atom. The summed E-state index contributed by atoms with van der Waals surface area (Å²) in [5.74, 6) is -1.27. The van der Waals surface area contributed by atoms with Crippen LogP contribution in [-0.2, 0) is 9.59 Å². The highest BCUT2D eigenvalue weighted by Crippen LogP contribution is 2.27. The molecule has 3 N–H and O–H groups in total. The van der Waals surface area contributed by atoms with Gasteiger partial charge in [0.15, 0.2) is 0 Å². The molecule has 0 aromatic heterocycles. The van der Waals surface area contributed by atoms with Crippen LogP contribution in [-0.4, -0.2) is 34.5 Å². The van der Waals surface area contributed by atoms with Gasteiger partial charge in [0, 0.05) is 18.6 Å². The van der Waals surface area contributed by atoms with Gasteiger partial charge in [0.2, 0.25) is 5.91 Å². The van der Waals surface area contributed by atoms with Crippen molar-refractivity contribution >= 4 is 11.9 Å². The van der Waals surface area contributed by atoms with Crippen LogP contribution in [0.1, 0.15) is 37.8 Å². The predicted octanol–water partition coefficient (Wildman–Crippen LogP) is 1.79. The minimum absolute atomic E-state index is 0.0129. The summed E-state index contributed by atoms with van der Waals surface area (Å²) in [6.45, 7) is 2.44. The Bertz CT molecular complexity index is 504. The van der Waals surface area contributed by atoms with E-state index >= 15 is 0 Å². The fraction of sp³-hybridized carbons (Fsp3) is 0.500. The van der Waals surface area contributed by atoms with Crippen molar-refractivity contribution < 1.29 is 14.7 Å². The molecule has 5 nitrogen and oxygen atoms in total. The van der Waals surface area contributed by atoms with Crippen LogP contribution < -0.4 is 5.73 Å². The number of amides is 1. The zero-order valence-corrected chi connectivity index (χ0v) is 12.2. The Kier molecular flexibility index (Phi) is 4.96. The van der Waals surface area contributed by atoms with Gasteiger partial charge in [-0.05, 0) is 18.4 Å². The summed E-state index contributed by atoms with van der Waals surface area (Å²) in [6.07, 6.45) is 1.63. The maximum absolute atomic E-state index is 12.6. The maximum atomic E-state index is 12.6. The van der Waals surface area contributed by atoms with Crippen LogP contribution in [0.5, 0.6) is 0 Å². The third-order valence-electron chi connectivity index (χ3n) is 4.18. The zero-order valence-electron chi connectivity index (χ0n) is 12.2. The Morgan fingerprint density at radius 2 is 2.05 bits per heavy atom. The minimum Gasteiger partial charge on any atom is -0.481 e. The molecule has 1 aliphatic heterocycles. The number of hydrogen-bond donors (Lipinski definition) is 2. The molecule has 0 radical (unpaired) electrons. The van der Waals surface area contributed by atoms with Gasteiger partial charge in [0.1, 0.15) is 0 Å². The normalized spacial score (nSPS) is 21.0. The standard InChI is InChI=1S/C16H22N2O3/c1-11(15(17)12-6-3-2-4-7-12)16(21)18-9-5-8-13(18)10-14(19)20/h2-4,6-7,11,13,15H,5,8-10,17H2,1H3,(H,19,20). The summed E-state index contributed by atoms with van der Waals surface area (Å²) in [4.78, 5) is 25.2. The van der Waals surface area contributed by atoms with E-state index in [0.29, 0.717) is 6.54 Å². The van der Waals surface area contributed by atoms with Crippen molar-refractivity contribution in [3.63, 3.8) is 0 Å². The number of aliphatic carboxylic acids is 1. The fourth-order valence-electron chi connectivity index (χ4n) is 2.92.